The van der Waals surface area contributed by atoms with Gasteiger partial charge in [0.05, 0.1) is 0 Å². The third-order valence-corrected chi connectivity index (χ3v) is 2.71. The highest BCUT2D eigenvalue weighted by molar-refractivity contribution is 5.38. The highest BCUT2D eigenvalue weighted by Crippen LogP contribution is 2.27. The Bertz CT molecular complexity index is 602. The van der Waals surface area contributed by atoms with E-state index in [2.05, 4.69) is 5.32 Å². The highest BCUT2D eigenvalue weighted by Gasteiger charge is 2.09. The van der Waals surface area contributed by atoms with Gasteiger partial charge in [0, 0.05) is 18.2 Å². The molecule has 0 aliphatic rings. The van der Waals surface area contributed by atoms with Crippen molar-refractivity contribution in [3.05, 3.63) is 59.4 Å². The standard InChI is InChI=1S/C15H14F3NO/c1-2-19-9-10-7-11(16)3-6-15(10)20-12-4-5-13(17)14(18)8-12/h3-8,19H,2,9H2,1H3. The Kier molecular flexibility index (Phi) is 4.63. The number of rotatable bonds is 5. The molecule has 20 heavy (non-hydrogen) atoms. The molecule has 106 valence electrons. The predicted molar refractivity (Wildman–Crippen MR) is 70.2 cm³/mol. The smallest absolute Gasteiger partial charge is 0.162 e. The van der Waals surface area contributed by atoms with Crippen LogP contribution in [0.1, 0.15) is 12.5 Å². The predicted octanol–water partition coefficient (Wildman–Crippen LogP) is 4.01. The van der Waals surface area contributed by atoms with E-state index >= 15 is 0 Å². The van der Waals surface area contributed by atoms with Crippen molar-refractivity contribution in [2.45, 2.75) is 13.5 Å². The Morgan fingerprint density at radius 3 is 2.50 bits per heavy atom. The summed E-state index contributed by atoms with van der Waals surface area (Å²) in [5.74, 6) is -1.75. The third kappa shape index (κ3) is 3.51. The van der Waals surface area contributed by atoms with Gasteiger partial charge in [0.25, 0.3) is 0 Å². The molecule has 0 aliphatic carbocycles. The lowest BCUT2D eigenvalue weighted by atomic mass is 10.2. The van der Waals surface area contributed by atoms with Crippen molar-refractivity contribution in [3.8, 4) is 11.5 Å². The number of halogens is 3. The van der Waals surface area contributed by atoms with Crippen LogP contribution >= 0.6 is 0 Å². The molecule has 2 aromatic rings. The second-order valence-corrected chi connectivity index (χ2v) is 4.21. The molecule has 2 nitrogen and oxygen atoms in total. The van der Waals surface area contributed by atoms with Crippen molar-refractivity contribution in [2.75, 3.05) is 6.54 Å². The third-order valence-electron chi connectivity index (χ3n) is 2.71. The maximum absolute atomic E-state index is 13.2. The lowest BCUT2D eigenvalue weighted by molar-refractivity contribution is 0.454. The van der Waals surface area contributed by atoms with Crippen LogP contribution in [0, 0.1) is 17.5 Å². The van der Waals surface area contributed by atoms with Gasteiger partial charge in [-0.3, -0.25) is 0 Å². The SMILES string of the molecule is CCNCc1cc(F)ccc1Oc1ccc(F)c(F)c1. The van der Waals surface area contributed by atoms with Gasteiger partial charge >= 0.3 is 0 Å². The Balaban J connectivity index is 2.25. The first kappa shape index (κ1) is 14.4. The summed E-state index contributed by atoms with van der Waals surface area (Å²) in [6, 6.07) is 7.32. The van der Waals surface area contributed by atoms with Crippen LogP contribution in [0.2, 0.25) is 0 Å². The second-order valence-electron chi connectivity index (χ2n) is 4.21. The van der Waals surface area contributed by atoms with Gasteiger partial charge in [-0.05, 0) is 36.9 Å². The minimum Gasteiger partial charge on any atom is -0.457 e. The Hall–Kier alpha value is -2.01. The Labute approximate surface area is 115 Å². The first-order valence-corrected chi connectivity index (χ1v) is 6.22. The van der Waals surface area contributed by atoms with Crippen molar-refractivity contribution in [1.82, 2.24) is 5.32 Å². The lowest BCUT2D eigenvalue weighted by Gasteiger charge is -2.12. The van der Waals surface area contributed by atoms with Crippen molar-refractivity contribution in [3.63, 3.8) is 0 Å². The summed E-state index contributed by atoms with van der Waals surface area (Å²) in [4.78, 5) is 0. The maximum Gasteiger partial charge on any atom is 0.162 e. The van der Waals surface area contributed by atoms with E-state index in [9.17, 15) is 13.2 Å². The van der Waals surface area contributed by atoms with Gasteiger partial charge in [0.15, 0.2) is 11.6 Å². The fraction of sp³-hybridized carbons (Fsp3) is 0.200. The number of benzene rings is 2. The molecule has 0 amide bonds. The molecule has 0 bridgehead atoms. The van der Waals surface area contributed by atoms with E-state index in [1.54, 1.807) is 0 Å². The molecule has 2 aromatic carbocycles. The molecule has 0 saturated heterocycles. The quantitative estimate of drug-likeness (QED) is 0.894. The molecule has 1 N–H and O–H groups in total. The normalized spacial score (nSPS) is 10.6. The summed E-state index contributed by atoms with van der Waals surface area (Å²) < 4.78 is 44.7. The average molecular weight is 281 g/mol. The van der Waals surface area contributed by atoms with Crippen molar-refractivity contribution in [1.29, 1.82) is 0 Å². The van der Waals surface area contributed by atoms with E-state index in [1.807, 2.05) is 6.92 Å². The minimum absolute atomic E-state index is 0.160. The minimum atomic E-state index is -0.988. The molecule has 5 heteroatoms. The largest absolute Gasteiger partial charge is 0.457 e. The summed E-state index contributed by atoms with van der Waals surface area (Å²) in [5, 5.41) is 3.06. The lowest BCUT2D eigenvalue weighted by Crippen LogP contribution is -2.12. The van der Waals surface area contributed by atoms with Crippen LogP contribution < -0.4 is 10.1 Å². The van der Waals surface area contributed by atoms with E-state index in [0.717, 1.165) is 18.7 Å². The fourth-order valence-corrected chi connectivity index (χ4v) is 1.71. The molecule has 0 aromatic heterocycles. The first-order valence-electron chi connectivity index (χ1n) is 6.22. The van der Waals surface area contributed by atoms with Gasteiger partial charge in [-0.2, -0.15) is 0 Å². The average Bonchev–Trinajstić information content (AvgIpc) is 2.43. The summed E-state index contributed by atoms with van der Waals surface area (Å²) in [5.41, 5.74) is 0.608. The first-order chi connectivity index (χ1) is 9.60. The van der Waals surface area contributed by atoms with Gasteiger partial charge in [-0.15, -0.1) is 0 Å². The second kappa shape index (κ2) is 6.43. The van der Waals surface area contributed by atoms with Crippen LogP contribution in [0.25, 0.3) is 0 Å². The Morgan fingerprint density at radius 1 is 1.00 bits per heavy atom. The van der Waals surface area contributed by atoms with E-state index < -0.39 is 11.6 Å². The summed E-state index contributed by atoms with van der Waals surface area (Å²) in [7, 11) is 0. The number of ether oxygens (including phenoxy) is 1. The summed E-state index contributed by atoms with van der Waals surface area (Å²) in [6.07, 6.45) is 0. The van der Waals surface area contributed by atoms with Crippen molar-refractivity contribution in [2.24, 2.45) is 0 Å². The van der Waals surface area contributed by atoms with Gasteiger partial charge in [0.1, 0.15) is 17.3 Å². The van der Waals surface area contributed by atoms with Gasteiger partial charge in [-0.25, -0.2) is 13.2 Å². The zero-order valence-electron chi connectivity index (χ0n) is 10.9. The monoisotopic (exact) mass is 281 g/mol. The molecule has 0 unspecified atom stereocenters. The molecular formula is C15H14F3NO. The van der Waals surface area contributed by atoms with Crippen LogP contribution in [-0.2, 0) is 6.54 Å². The summed E-state index contributed by atoms with van der Waals surface area (Å²) in [6.45, 7) is 3.07. The van der Waals surface area contributed by atoms with Crippen LogP contribution in [0.15, 0.2) is 36.4 Å². The fourth-order valence-electron chi connectivity index (χ4n) is 1.71. The molecule has 0 aliphatic heterocycles. The van der Waals surface area contributed by atoms with Gasteiger partial charge in [-0.1, -0.05) is 6.92 Å². The molecule has 0 atom stereocenters. The zero-order valence-corrected chi connectivity index (χ0v) is 10.9. The molecule has 0 fully saturated rings. The number of hydrogen-bond acceptors (Lipinski definition) is 2. The zero-order chi connectivity index (χ0) is 14.5. The van der Waals surface area contributed by atoms with E-state index in [1.165, 1.54) is 24.3 Å². The number of hydrogen-bond donors (Lipinski definition) is 1. The Morgan fingerprint density at radius 2 is 1.80 bits per heavy atom. The van der Waals surface area contributed by atoms with E-state index in [0.29, 0.717) is 17.9 Å². The number of nitrogens with one attached hydrogen (secondary N) is 1. The van der Waals surface area contributed by atoms with Crippen LogP contribution in [0.4, 0.5) is 13.2 Å². The van der Waals surface area contributed by atoms with E-state index in [-0.39, 0.29) is 11.6 Å². The topological polar surface area (TPSA) is 21.3 Å². The van der Waals surface area contributed by atoms with E-state index in [4.69, 9.17) is 4.74 Å². The van der Waals surface area contributed by atoms with Crippen LogP contribution in [0.5, 0.6) is 11.5 Å². The molecule has 0 spiro atoms. The van der Waals surface area contributed by atoms with Crippen molar-refractivity contribution < 1.29 is 17.9 Å². The van der Waals surface area contributed by atoms with Crippen molar-refractivity contribution >= 4 is 0 Å². The molecule has 0 radical (unpaired) electrons. The highest BCUT2D eigenvalue weighted by atomic mass is 19.2. The van der Waals surface area contributed by atoms with Gasteiger partial charge in [0.2, 0.25) is 0 Å². The van der Waals surface area contributed by atoms with Gasteiger partial charge < -0.3 is 10.1 Å². The molecule has 2 rings (SSSR count). The summed E-state index contributed by atoms with van der Waals surface area (Å²) >= 11 is 0. The molecule has 0 saturated carbocycles. The van der Waals surface area contributed by atoms with Crippen LogP contribution in [-0.4, -0.2) is 6.54 Å². The molecular weight excluding hydrogens is 267 g/mol. The van der Waals surface area contributed by atoms with Crippen LogP contribution in [0.3, 0.4) is 0 Å². The maximum atomic E-state index is 13.2. The molecule has 0 heterocycles.